The molecule has 0 bridgehead atoms. The number of hydrogen-bond acceptors (Lipinski definition) is 7. The molecule has 0 saturated heterocycles. The van der Waals surface area contributed by atoms with Gasteiger partial charge in [0.2, 0.25) is 5.43 Å². The number of nitrogens with zero attached hydrogens (tertiary/aromatic N) is 3. The van der Waals surface area contributed by atoms with E-state index >= 15 is 0 Å². The van der Waals surface area contributed by atoms with Gasteiger partial charge in [-0.25, -0.2) is 9.48 Å². The molecule has 0 aliphatic rings. The topological polar surface area (TPSA) is 133 Å². The first-order chi connectivity index (χ1) is 12.8. The van der Waals surface area contributed by atoms with Gasteiger partial charge in [-0.05, 0) is 26.8 Å². The van der Waals surface area contributed by atoms with Crippen molar-refractivity contribution in [2.75, 3.05) is 6.61 Å². The van der Waals surface area contributed by atoms with Gasteiger partial charge in [0.15, 0.2) is 5.69 Å². The third kappa shape index (κ3) is 4.35. The van der Waals surface area contributed by atoms with Gasteiger partial charge in [-0.1, -0.05) is 12.1 Å². The van der Waals surface area contributed by atoms with E-state index in [9.17, 15) is 24.5 Å². The highest BCUT2D eigenvalue weighted by molar-refractivity contribution is 5.94. The highest BCUT2D eigenvalue weighted by Gasteiger charge is 2.23. The monoisotopic (exact) mass is 374 g/mol. The molecular formula is C17H18N4O6. The largest absolute Gasteiger partial charge is 0.464 e. The molecule has 2 rings (SSSR count). The van der Waals surface area contributed by atoms with Crippen LogP contribution in [0.2, 0.25) is 0 Å². The van der Waals surface area contributed by atoms with Gasteiger partial charge in [-0.2, -0.15) is 5.10 Å². The standard InChI is InChI=1S/C17H18N4O6/c1-4-27-17(24)11(3)18-16(23)15-14(22)9-10(2)20(19-15)12-7-5-6-8-13(12)21(25)26/h5-9,11H,4H2,1-3H3,(H,18,23). The summed E-state index contributed by atoms with van der Waals surface area (Å²) in [6, 6.07) is 5.97. The number of nitro groups is 1. The van der Waals surface area contributed by atoms with Crippen LogP contribution in [0.3, 0.4) is 0 Å². The second-order valence-corrected chi connectivity index (χ2v) is 5.60. The average molecular weight is 374 g/mol. The van der Waals surface area contributed by atoms with Gasteiger partial charge < -0.3 is 10.1 Å². The van der Waals surface area contributed by atoms with Crippen molar-refractivity contribution in [1.82, 2.24) is 15.1 Å². The van der Waals surface area contributed by atoms with Crippen LogP contribution >= 0.6 is 0 Å². The summed E-state index contributed by atoms with van der Waals surface area (Å²) in [6.07, 6.45) is 0. The van der Waals surface area contributed by atoms with E-state index in [0.29, 0.717) is 5.69 Å². The number of aromatic nitrogens is 2. The van der Waals surface area contributed by atoms with Crippen LogP contribution in [-0.2, 0) is 9.53 Å². The van der Waals surface area contributed by atoms with Gasteiger partial charge in [0.1, 0.15) is 11.7 Å². The molecule has 2 aromatic rings. The SMILES string of the molecule is CCOC(=O)C(C)NC(=O)c1nn(-c2ccccc2[N+](=O)[O-])c(C)cc1=O. The molecule has 0 radical (unpaired) electrons. The maximum Gasteiger partial charge on any atom is 0.328 e. The lowest BCUT2D eigenvalue weighted by Gasteiger charge is -2.14. The molecule has 0 aliphatic carbocycles. The number of nitrogens with one attached hydrogen (secondary N) is 1. The molecule has 142 valence electrons. The van der Waals surface area contributed by atoms with E-state index in [1.54, 1.807) is 13.0 Å². The fourth-order valence-corrected chi connectivity index (χ4v) is 2.34. The summed E-state index contributed by atoms with van der Waals surface area (Å²) in [5.41, 5.74) is -0.981. The number of carbonyl (C=O) groups excluding carboxylic acids is 2. The van der Waals surface area contributed by atoms with Crippen LogP contribution in [0, 0.1) is 17.0 Å². The number of benzene rings is 1. The number of carbonyl (C=O) groups is 2. The second-order valence-electron chi connectivity index (χ2n) is 5.60. The smallest absolute Gasteiger partial charge is 0.328 e. The molecule has 1 aromatic heterocycles. The Balaban J connectivity index is 2.45. The first-order valence-electron chi connectivity index (χ1n) is 8.08. The zero-order valence-corrected chi connectivity index (χ0v) is 15.0. The maximum absolute atomic E-state index is 12.4. The lowest BCUT2D eigenvalue weighted by Crippen LogP contribution is -2.42. The molecule has 1 unspecified atom stereocenters. The molecule has 0 saturated carbocycles. The summed E-state index contributed by atoms with van der Waals surface area (Å²) in [5.74, 6) is -1.54. The number of amides is 1. The van der Waals surface area contributed by atoms with Gasteiger partial charge in [0.05, 0.1) is 11.5 Å². The Hall–Kier alpha value is -3.56. The second kappa shape index (κ2) is 8.21. The summed E-state index contributed by atoms with van der Waals surface area (Å²) in [6.45, 7) is 4.71. The highest BCUT2D eigenvalue weighted by atomic mass is 16.6. The van der Waals surface area contributed by atoms with Crippen molar-refractivity contribution in [3.05, 3.63) is 62.1 Å². The van der Waals surface area contributed by atoms with E-state index in [1.165, 1.54) is 32.0 Å². The number of ether oxygens (including phenoxy) is 1. The molecule has 0 aliphatic heterocycles. The molecule has 27 heavy (non-hydrogen) atoms. The predicted molar refractivity (Wildman–Crippen MR) is 94.8 cm³/mol. The summed E-state index contributed by atoms with van der Waals surface area (Å²) in [5, 5.41) is 17.6. The Morgan fingerprint density at radius 3 is 2.67 bits per heavy atom. The zero-order chi connectivity index (χ0) is 20.1. The molecule has 1 atom stereocenters. The molecule has 0 spiro atoms. The van der Waals surface area contributed by atoms with E-state index in [4.69, 9.17) is 4.74 Å². The lowest BCUT2D eigenvalue weighted by molar-refractivity contribution is -0.384. The van der Waals surface area contributed by atoms with Gasteiger partial charge in [-0.15, -0.1) is 0 Å². The molecule has 1 N–H and O–H groups in total. The van der Waals surface area contributed by atoms with Gasteiger partial charge in [-0.3, -0.25) is 19.7 Å². The van der Waals surface area contributed by atoms with Crippen LogP contribution in [0.1, 0.15) is 30.0 Å². The number of esters is 1. The van der Waals surface area contributed by atoms with Crippen molar-refractivity contribution in [2.24, 2.45) is 0 Å². The van der Waals surface area contributed by atoms with E-state index < -0.39 is 34.0 Å². The third-order valence-electron chi connectivity index (χ3n) is 3.62. The molecule has 0 fully saturated rings. The molecule has 10 heteroatoms. The molecule has 1 amide bonds. The van der Waals surface area contributed by atoms with Crippen molar-refractivity contribution in [1.29, 1.82) is 0 Å². The van der Waals surface area contributed by atoms with Crippen molar-refractivity contribution >= 4 is 17.6 Å². The quantitative estimate of drug-likeness (QED) is 0.455. The fraction of sp³-hybridized carbons (Fsp3) is 0.294. The van der Waals surface area contributed by atoms with Crippen LogP contribution in [-0.4, -0.2) is 39.2 Å². The Morgan fingerprint density at radius 1 is 1.37 bits per heavy atom. The highest BCUT2D eigenvalue weighted by Crippen LogP contribution is 2.22. The van der Waals surface area contributed by atoms with E-state index in [0.717, 1.165) is 10.7 Å². The minimum atomic E-state index is -0.987. The van der Waals surface area contributed by atoms with Gasteiger partial charge in [0.25, 0.3) is 11.6 Å². The Labute approximate surface area is 153 Å². The Bertz CT molecular complexity index is 953. The van der Waals surface area contributed by atoms with Crippen LogP contribution in [0.5, 0.6) is 0 Å². The fourth-order valence-electron chi connectivity index (χ4n) is 2.34. The minimum absolute atomic E-state index is 0.104. The van der Waals surface area contributed by atoms with Crippen LogP contribution in [0.15, 0.2) is 35.1 Å². The lowest BCUT2D eigenvalue weighted by atomic mass is 10.2. The first-order valence-corrected chi connectivity index (χ1v) is 8.08. The summed E-state index contributed by atoms with van der Waals surface area (Å²) >= 11 is 0. The number of para-hydroxylation sites is 2. The van der Waals surface area contributed by atoms with Gasteiger partial charge in [0, 0.05) is 17.8 Å². The summed E-state index contributed by atoms with van der Waals surface area (Å²) in [4.78, 5) is 46.8. The normalized spacial score (nSPS) is 11.5. The number of nitro benzene ring substituents is 1. The van der Waals surface area contributed by atoms with Crippen LogP contribution < -0.4 is 10.7 Å². The van der Waals surface area contributed by atoms with E-state index in [-0.39, 0.29) is 18.0 Å². The predicted octanol–water partition coefficient (Wildman–Crippen LogP) is 1.13. The Morgan fingerprint density at radius 2 is 2.04 bits per heavy atom. The van der Waals surface area contributed by atoms with Crippen molar-refractivity contribution < 1.29 is 19.2 Å². The van der Waals surface area contributed by atoms with Crippen molar-refractivity contribution in [2.45, 2.75) is 26.8 Å². The Kier molecular flexibility index (Phi) is 6.01. The molecule has 10 nitrogen and oxygen atoms in total. The first kappa shape index (κ1) is 19.8. The van der Waals surface area contributed by atoms with Crippen molar-refractivity contribution in [3.63, 3.8) is 0 Å². The van der Waals surface area contributed by atoms with E-state index in [2.05, 4.69) is 10.4 Å². The number of rotatable bonds is 6. The minimum Gasteiger partial charge on any atom is -0.464 e. The summed E-state index contributed by atoms with van der Waals surface area (Å²) in [7, 11) is 0. The zero-order valence-electron chi connectivity index (χ0n) is 15.0. The molecule has 1 heterocycles. The average Bonchev–Trinajstić information content (AvgIpc) is 2.61. The van der Waals surface area contributed by atoms with Crippen LogP contribution in [0.25, 0.3) is 5.69 Å². The number of hydrogen-bond donors (Lipinski definition) is 1. The van der Waals surface area contributed by atoms with E-state index in [1.807, 2.05) is 0 Å². The molecular weight excluding hydrogens is 356 g/mol. The maximum atomic E-state index is 12.4. The number of aryl methyl sites for hydroxylation is 1. The molecule has 1 aromatic carbocycles. The third-order valence-corrected chi connectivity index (χ3v) is 3.62. The van der Waals surface area contributed by atoms with Crippen LogP contribution in [0.4, 0.5) is 5.69 Å². The van der Waals surface area contributed by atoms with Crippen molar-refractivity contribution in [3.8, 4) is 5.69 Å². The summed E-state index contributed by atoms with van der Waals surface area (Å²) < 4.78 is 5.93. The van der Waals surface area contributed by atoms with Gasteiger partial charge >= 0.3 is 5.97 Å².